The second-order valence-corrected chi connectivity index (χ2v) is 11.7. The Labute approximate surface area is 181 Å². The van der Waals surface area contributed by atoms with Crippen molar-refractivity contribution >= 4 is 11.9 Å². The van der Waals surface area contributed by atoms with Gasteiger partial charge in [-0.3, -0.25) is 9.59 Å². The molecule has 30 heavy (non-hydrogen) atoms. The predicted molar refractivity (Wildman–Crippen MR) is 114 cm³/mol. The fraction of sp³-hybridized carbons (Fsp3) is 0.846. The Hall–Kier alpha value is -1.32. The van der Waals surface area contributed by atoms with Crippen LogP contribution in [0.15, 0.2) is 11.6 Å². The van der Waals surface area contributed by atoms with Crippen LogP contribution in [0.5, 0.6) is 0 Å². The number of rotatable bonds is 5. The van der Waals surface area contributed by atoms with Gasteiger partial charge in [0.25, 0.3) is 0 Å². The van der Waals surface area contributed by atoms with E-state index in [9.17, 15) is 9.59 Å². The number of fused-ring (bicyclic) bond motifs is 8. The van der Waals surface area contributed by atoms with E-state index >= 15 is 0 Å². The van der Waals surface area contributed by atoms with Gasteiger partial charge in [0.1, 0.15) is 11.7 Å². The van der Waals surface area contributed by atoms with Crippen LogP contribution in [0.2, 0.25) is 0 Å². The van der Waals surface area contributed by atoms with Crippen molar-refractivity contribution in [2.45, 2.75) is 97.2 Å². The molecular weight excluding hydrogens is 376 g/mol. The van der Waals surface area contributed by atoms with E-state index in [-0.39, 0.29) is 29.6 Å². The largest absolute Gasteiger partial charge is 0.459 e. The van der Waals surface area contributed by atoms with Crippen molar-refractivity contribution in [3.8, 4) is 0 Å². The summed E-state index contributed by atoms with van der Waals surface area (Å²) in [6, 6.07) is 0. The van der Waals surface area contributed by atoms with Crippen LogP contribution < -0.4 is 0 Å². The molecule has 0 aromatic heterocycles. The van der Waals surface area contributed by atoms with Gasteiger partial charge in [0.2, 0.25) is 0 Å². The van der Waals surface area contributed by atoms with Gasteiger partial charge in [-0.1, -0.05) is 19.4 Å². The Kier molecular flexibility index (Phi) is 4.87. The van der Waals surface area contributed by atoms with E-state index in [2.05, 4.69) is 13.0 Å². The SMILES string of the molecule is CCC(C)(C)C(=O)OC1CC2C=C1C1C3CC(CC3C(=O)OC3(C)CCCCC3)C21. The molecule has 3 fully saturated rings. The lowest BCUT2D eigenvalue weighted by atomic mass is 9.66. The third-order valence-corrected chi connectivity index (χ3v) is 9.46. The third kappa shape index (κ3) is 3.15. The number of allylic oxidation sites excluding steroid dienone is 1. The first kappa shape index (κ1) is 20.6. The molecule has 5 rings (SSSR count). The summed E-state index contributed by atoms with van der Waals surface area (Å²) < 4.78 is 12.2. The number of carbonyl (C=O) groups is 2. The fourth-order valence-corrected chi connectivity index (χ4v) is 7.43. The molecule has 7 unspecified atom stereocenters. The Morgan fingerprint density at radius 1 is 1.13 bits per heavy atom. The molecule has 166 valence electrons. The van der Waals surface area contributed by atoms with Crippen LogP contribution in [0.25, 0.3) is 0 Å². The van der Waals surface area contributed by atoms with E-state index in [1.165, 1.54) is 24.8 Å². The predicted octanol–water partition coefficient (Wildman–Crippen LogP) is 5.45. The zero-order valence-electron chi connectivity index (χ0n) is 19.1. The standard InChI is InChI=1S/C26H38O4/c1-5-25(2,3)24(28)29-20-14-16-13-19(20)22-17-11-15(21(16)22)12-18(17)23(27)30-26(4)9-7-6-8-10-26/h13,15-18,20-22H,5-12,14H2,1-4H3. The van der Waals surface area contributed by atoms with Crippen molar-refractivity contribution in [2.75, 3.05) is 0 Å². The van der Waals surface area contributed by atoms with Crippen molar-refractivity contribution in [2.24, 2.45) is 40.9 Å². The lowest BCUT2D eigenvalue weighted by molar-refractivity contribution is -0.170. The maximum Gasteiger partial charge on any atom is 0.312 e. The second-order valence-electron chi connectivity index (χ2n) is 11.7. The van der Waals surface area contributed by atoms with Gasteiger partial charge < -0.3 is 9.47 Å². The minimum absolute atomic E-state index is 0.0404. The highest BCUT2D eigenvalue weighted by atomic mass is 16.6. The molecular formula is C26H38O4. The summed E-state index contributed by atoms with van der Waals surface area (Å²) in [5.41, 5.74) is 0.645. The Morgan fingerprint density at radius 2 is 1.87 bits per heavy atom. The lowest BCUT2D eigenvalue weighted by Gasteiger charge is -2.41. The maximum atomic E-state index is 13.2. The summed E-state index contributed by atoms with van der Waals surface area (Å²) in [5, 5.41) is 0. The zero-order chi connectivity index (χ0) is 21.3. The van der Waals surface area contributed by atoms with Gasteiger partial charge in [-0.25, -0.2) is 0 Å². The molecule has 0 radical (unpaired) electrons. The molecule has 0 aromatic rings. The van der Waals surface area contributed by atoms with Crippen molar-refractivity contribution in [1.29, 1.82) is 0 Å². The van der Waals surface area contributed by atoms with E-state index < -0.39 is 5.41 Å². The zero-order valence-corrected chi connectivity index (χ0v) is 19.1. The third-order valence-electron chi connectivity index (χ3n) is 9.46. The van der Waals surface area contributed by atoms with Crippen molar-refractivity contribution in [3.63, 3.8) is 0 Å². The van der Waals surface area contributed by atoms with E-state index in [0.29, 0.717) is 29.6 Å². The summed E-state index contributed by atoms with van der Waals surface area (Å²) in [6.07, 6.45) is 11.8. The maximum absolute atomic E-state index is 13.2. The van der Waals surface area contributed by atoms with Gasteiger partial charge in [0, 0.05) is 0 Å². The molecule has 0 amide bonds. The highest BCUT2D eigenvalue weighted by molar-refractivity contribution is 5.76. The minimum atomic E-state index is -0.432. The van der Waals surface area contributed by atoms with Gasteiger partial charge in [0.05, 0.1) is 11.3 Å². The first-order chi connectivity index (χ1) is 14.2. The average Bonchev–Trinajstić information content (AvgIpc) is 3.46. The molecule has 4 nitrogen and oxygen atoms in total. The number of hydrogen-bond acceptors (Lipinski definition) is 4. The second kappa shape index (κ2) is 7.10. The molecule has 0 spiro atoms. The summed E-state index contributed by atoms with van der Waals surface area (Å²) in [4.78, 5) is 25.9. The van der Waals surface area contributed by atoms with Gasteiger partial charge >= 0.3 is 11.9 Å². The molecule has 0 N–H and O–H groups in total. The van der Waals surface area contributed by atoms with Gasteiger partial charge in [-0.15, -0.1) is 0 Å². The quantitative estimate of drug-likeness (QED) is 0.443. The molecule has 0 aromatic carbocycles. The van der Waals surface area contributed by atoms with Crippen LogP contribution in [0.1, 0.15) is 85.5 Å². The van der Waals surface area contributed by atoms with Crippen molar-refractivity contribution < 1.29 is 19.1 Å². The lowest BCUT2D eigenvalue weighted by Crippen LogP contribution is -2.43. The first-order valence-corrected chi connectivity index (χ1v) is 12.4. The topological polar surface area (TPSA) is 52.6 Å². The molecule has 0 heterocycles. The van der Waals surface area contributed by atoms with Crippen LogP contribution >= 0.6 is 0 Å². The molecule has 4 bridgehead atoms. The normalized spacial score (nSPS) is 40.8. The number of hydrogen-bond donors (Lipinski definition) is 0. The van der Waals surface area contributed by atoms with E-state index in [0.717, 1.165) is 38.5 Å². The van der Waals surface area contributed by atoms with Crippen molar-refractivity contribution in [1.82, 2.24) is 0 Å². The molecule has 5 aliphatic rings. The van der Waals surface area contributed by atoms with E-state index in [1.54, 1.807) is 0 Å². The van der Waals surface area contributed by atoms with Gasteiger partial charge in [0.15, 0.2) is 0 Å². The van der Waals surface area contributed by atoms with Crippen LogP contribution in [0.4, 0.5) is 0 Å². The summed E-state index contributed by atoms with van der Waals surface area (Å²) in [5.74, 6) is 2.68. The summed E-state index contributed by atoms with van der Waals surface area (Å²) in [7, 11) is 0. The summed E-state index contributed by atoms with van der Waals surface area (Å²) in [6.45, 7) is 8.10. The van der Waals surface area contributed by atoms with Gasteiger partial charge in [-0.05, 0) is 107 Å². The van der Waals surface area contributed by atoms with E-state index in [4.69, 9.17) is 9.47 Å². The highest BCUT2D eigenvalue weighted by Crippen LogP contribution is 2.67. The number of esters is 2. The highest BCUT2D eigenvalue weighted by Gasteiger charge is 2.63. The number of ether oxygens (including phenoxy) is 2. The number of carbonyl (C=O) groups excluding carboxylic acids is 2. The minimum Gasteiger partial charge on any atom is -0.459 e. The van der Waals surface area contributed by atoms with E-state index in [1.807, 2.05) is 20.8 Å². The Balaban J connectivity index is 1.27. The Morgan fingerprint density at radius 3 is 2.57 bits per heavy atom. The van der Waals surface area contributed by atoms with Crippen LogP contribution in [-0.4, -0.2) is 23.6 Å². The first-order valence-electron chi connectivity index (χ1n) is 12.4. The Bertz CT molecular complexity index is 759. The molecule has 7 atom stereocenters. The molecule has 0 saturated heterocycles. The monoisotopic (exact) mass is 414 g/mol. The fourth-order valence-electron chi connectivity index (χ4n) is 7.43. The van der Waals surface area contributed by atoms with Crippen LogP contribution in [-0.2, 0) is 19.1 Å². The summed E-state index contributed by atoms with van der Waals surface area (Å²) >= 11 is 0. The smallest absolute Gasteiger partial charge is 0.312 e. The molecule has 0 aliphatic heterocycles. The molecule has 3 saturated carbocycles. The van der Waals surface area contributed by atoms with Gasteiger partial charge in [-0.2, -0.15) is 0 Å². The van der Waals surface area contributed by atoms with Crippen molar-refractivity contribution in [3.05, 3.63) is 11.6 Å². The van der Waals surface area contributed by atoms with Crippen LogP contribution in [0, 0.1) is 40.9 Å². The molecule has 5 aliphatic carbocycles. The average molecular weight is 415 g/mol. The molecule has 4 heteroatoms. The van der Waals surface area contributed by atoms with Crippen LogP contribution in [0.3, 0.4) is 0 Å².